The Bertz CT molecular complexity index is 1190. The van der Waals surface area contributed by atoms with Gasteiger partial charge in [0.15, 0.2) is 5.82 Å². The highest BCUT2D eigenvalue weighted by Gasteiger charge is 2.23. The van der Waals surface area contributed by atoms with Crippen molar-refractivity contribution in [3.05, 3.63) is 69.5 Å². The fraction of sp³-hybridized carbons (Fsp3) is 0.393. The molecule has 0 radical (unpaired) electrons. The number of benzene rings is 2. The summed E-state index contributed by atoms with van der Waals surface area (Å²) >= 11 is 3.44. The molecule has 2 aromatic carbocycles. The summed E-state index contributed by atoms with van der Waals surface area (Å²) in [6, 6.07) is 13.3. The zero-order valence-corrected chi connectivity index (χ0v) is 20.9. The van der Waals surface area contributed by atoms with Crippen LogP contribution in [0.5, 0.6) is 5.75 Å². The Kier molecular flexibility index (Phi) is 6.95. The van der Waals surface area contributed by atoms with Crippen molar-refractivity contribution in [1.29, 1.82) is 0 Å². The summed E-state index contributed by atoms with van der Waals surface area (Å²) in [6.45, 7) is 0. The molecule has 0 spiro atoms. The number of aryl methyl sites for hydroxylation is 3. The first-order valence-corrected chi connectivity index (χ1v) is 13.1. The summed E-state index contributed by atoms with van der Waals surface area (Å²) in [6.07, 6.45) is 10.3. The Morgan fingerprint density at radius 1 is 1.03 bits per heavy atom. The van der Waals surface area contributed by atoms with E-state index in [9.17, 15) is 9.90 Å². The Hall–Kier alpha value is -2.73. The fourth-order valence-corrected chi connectivity index (χ4v) is 5.49. The first kappa shape index (κ1) is 23.0. The van der Waals surface area contributed by atoms with Gasteiger partial charge in [-0.2, -0.15) is 0 Å². The van der Waals surface area contributed by atoms with Crippen molar-refractivity contribution >= 4 is 27.7 Å². The molecule has 5 nitrogen and oxygen atoms in total. The lowest BCUT2D eigenvalue weighted by atomic mass is 9.85. The summed E-state index contributed by atoms with van der Waals surface area (Å²) in [5.74, 6) is 1.54. The molecule has 0 bridgehead atoms. The smallest absolute Gasteiger partial charge is 0.229 e. The van der Waals surface area contributed by atoms with Crippen LogP contribution >= 0.6 is 15.9 Å². The van der Waals surface area contributed by atoms with E-state index in [1.165, 1.54) is 32.1 Å². The van der Waals surface area contributed by atoms with E-state index in [0.29, 0.717) is 12.2 Å². The fourth-order valence-electron chi connectivity index (χ4n) is 5.22. The lowest BCUT2D eigenvalue weighted by Crippen LogP contribution is -2.20. The van der Waals surface area contributed by atoms with Crippen LogP contribution in [0.1, 0.15) is 61.0 Å². The number of phenolic OH excluding ortho intramolecular Hbond substituents is 1. The number of aromatic hydroxyl groups is 1. The van der Waals surface area contributed by atoms with Crippen molar-refractivity contribution in [3.8, 4) is 17.0 Å². The highest BCUT2D eigenvalue weighted by Crippen LogP contribution is 2.35. The Morgan fingerprint density at radius 2 is 1.82 bits per heavy atom. The number of aromatic nitrogens is 2. The van der Waals surface area contributed by atoms with Crippen LogP contribution in [0.15, 0.2) is 46.9 Å². The van der Waals surface area contributed by atoms with Crippen LogP contribution in [0.25, 0.3) is 11.3 Å². The van der Waals surface area contributed by atoms with Gasteiger partial charge in [0.25, 0.3) is 0 Å². The van der Waals surface area contributed by atoms with Crippen LogP contribution in [0.3, 0.4) is 0 Å². The average Bonchev–Trinajstić information content (AvgIpc) is 2.84. The molecule has 5 rings (SSSR count). The van der Waals surface area contributed by atoms with E-state index in [1.807, 2.05) is 36.4 Å². The number of amides is 1. The second kappa shape index (κ2) is 10.3. The number of carbonyl (C=O) groups is 1. The molecule has 0 atom stereocenters. The highest BCUT2D eigenvalue weighted by atomic mass is 79.9. The SMILES string of the molecule is O=C(Cc1ccc(Br)cc1)Nc1nc2c(nc1CCC1CCCCC1)-c1ccc(O)cc1CC2. The van der Waals surface area contributed by atoms with Crippen molar-refractivity contribution in [2.75, 3.05) is 5.32 Å². The molecule has 3 aromatic rings. The number of nitrogens with zero attached hydrogens (tertiary/aromatic N) is 2. The Labute approximate surface area is 209 Å². The monoisotopic (exact) mass is 519 g/mol. The minimum atomic E-state index is -0.0726. The highest BCUT2D eigenvalue weighted by molar-refractivity contribution is 9.10. The maximum atomic E-state index is 12.9. The number of hydrogen-bond acceptors (Lipinski definition) is 4. The number of hydrogen-bond donors (Lipinski definition) is 2. The van der Waals surface area contributed by atoms with E-state index in [4.69, 9.17) is 9.97 Å². The van der Waals surface area contributed by atoms with Gasteiger partial charge in [0.05, 0.1) is 23.5 Å². The standard InChI is InChI=1S/C28H30BrN3O2/c29-21-10-6-19(7-11-21)16-26(34)32-28-25(14-8-18-4-2-1-3-5-18)30-27-23-13-12-22(33)17-20(23)9-15-24(27)31-28/h6-7,10-13,17-18,33H,1-5,8-9,14-16H2,(H,31,32,34). The summed E-state index contributed by atoms with van der Waals surface area (Å²) in [5, 5.41) is 13.0. The number of fused-ring (bicyclic) bond motifs is 3. The zero-order valence-electron chi connectivity index (χ0n) is 19.3. The van der Waals surface area contributed by atoms with Gasteiger partial charge in [-0.3, -0.25) is 4.79 Å². The molecule has 0 unspecified atom stereocenters. The van der Waals surface area contributed by atoms with Crippen LogP contribution in [0, 0.1) is 5.92 Å². The lowest BCUT2D eigenvalue weighted by molar-refractivity contribution is -0.115. The van der Waals surface area contributed by atoms with Gasteiger partial charge in [-0.1, -0.05) is 60.2 Å². The Balaban J connectivity index is 1.42. The molecule has 1 aromatic heterocycles. The molecule has 1 fully saturated rings. The maximum Gasteiger partial charge on any atom is 0.229 e. The van der Waals surface area contributed by atoms with Crippen LogP contribution in [-0.2, 0) is 30.5 Å². The number of anilines is 1. The van der Waals surface area contributed by atoms with Gasteiger partial charge in [-0.15, -0.1) is 0 Å². The minimum Gasteiger partial charge on any atom is -0.508 e. The zero-order chi connectivity index (χ0) is 23.5. The minimum absolute atomic E-state index is 0.0726. The molecule has 2 aliphatic rings. The van der Waals surface area contributed by atoms with Crippen LogP contribution in [0.4, 0.5) is 5.82 Å². The molecule has 1 heterocycles. The van der Waals surface area contributed by atoms with Crippen molar-refractivity contribution in [1.82, 2.24) is 9.97 Å². The van der Waals surface area contributed by atoms with Crippen LogP contribution in [0.2, 0.25) is 0 Å². The number of rotatable bonds is 6. The van der Waals surface area contributed by atoms with E-state index in [1.54, 1.807) is 6.07 Å². The first-order valence-electron chi connectivity index (χ1n) is 12.3. The van der Waals surface area contributed by atoms with Crippen molar-refractivity contribution in [2.45, 2.75) is 64.2 Å². The second-order valence-electron chi connectivity index (χ2n) is 9.55. The average molecular weight is 520 g/mol. The molecule has 0 aliphatic heterocycles. The number of phenols is 1. The van der Waals surface area contributed by atoms with Gasteiger partial charge < -0.3 is 10.4 Å². The Morgan fingerprint density at radius 3 is 2.62 bits per heavy atom. The topological polar surface area (TPSA) is 75.1 Å². The molecule has 1 amide bonds. The molecule has 6 heteroatoms. The van der Waals surface area contributed by atoms with E-state index in [-0.39, 0.29) is 11.7 Å². The van der Waals surface area contributed by atoms with Gasteiger partial charge in [-0.25, -0.2) is 9.97 Å². The van der Waals surface area contributed by atoms with Crippen molar-refractivity contribution in [3.63, 3.8) is 0 Å². The number of carbonyl (C=O) groups excluding carboxylic acids is 1. The largest absolute Gasteiger partial charge is 0.508 e. The van der Waals surface area contributed by atoms with Crippen LogP contribution < -0.4 is 5.32 Å². The van der Waals surface area contributed by atoms with Gasteiger partial charge in [0.2, 0.25) is 5.91 Å². The normalized spacial score (nSPS) is 15.4. The summed E-state index contributed by atoms with van der Waals surface area (Å²) in [7, 11) is 0. The third-order valence-electron chi connectivity index (χ3n) is 7.07. The van der Waals surface area contributed by atoms with Gasteiger partial charge in [0, 0.05) is 10.0 Å². The first-order chi connectivity index (χ1) is 16.5. The molecular weight excluding hydrogens is 490 g/mol. The maximum absolute atomic E-state index is 12.9. The molecule has 34 heavy (non-hydrogen) atoms. The molecule has 1 saturated carbocycles. The van der Waals surface area contributed by atoms with Gasteiger partial charge in [-0.05, 0) is 73.1 Å². The third kappa shape index (κ3) is 5.33. The lowest BCUT2D eigenvalue weighted by Gasteiger charge is -2.23. The van der Waals surface area contributed by atoms with E-state index >= 15 is 0 Å². The predicted molar refractivity (Wildman–Crippen MR) is 138 cm³/mol. The van der Waals surface area contributed by atoms with Crippen molar-refractivity contribution in [2.24, 2.45) is 5.92 Å². The predicted octanol–water partition coefficient (Wildman–Crippen LogP) is 6.40. The third-order valence-corrected chi connectivity index (χ3v) is 7.59. The van der Waals surface area contributed by atoms with Gasteiger partial charge in [0.1, 0.15) is 5.75 Å². The summed E-state index contributed by atoms with van der Waals surface area (Å²) in [4.78, 5) is 22.9. The quantitative estimate of drug-likeness (QED) is 0.394. The number of nitrogens with one attached hydrogen (secondary N) is 1. The molecular formula is C28H30BrN3O2. The summed E-state index contributed by atoms with van der Waals surface area (Å²) < 4.78 is 0.996. The van der Waals surface area contributed by atoms with Crippen LogP contribution in [-0.4, -0.2) is 21.0 Å². The molecule has 0 saturated heterocycles. The van der Waals surface area contributed by atoms with Crippen molar-refractivity contribution < 1.29 is 9.90 Å². The molecule has 2 aliphatic carbocycles. The second-order valence-corrected chi connectivity index (χ2v) is 10.5. The molecule has 2 N–H and O–H groups in total. The van der Waals surface area contributed by atoms with E-state index in [0.717, 1.165) is 69.8 Å². The van der Waals surface area contributed by atoms with Gasteiger partial charge >= 0.3 is 0 Å². The summed E-state index contributed by atoms with van der Waals surface area (Å²) in [5.41, 5.74) is 5.79. The molecule has 176 valence electrons. The van der Waals surface area contributed by atoms with E-state index < -0.39 is 0 Å². The van der Waals surface area contributed by atoms with E-state index in [2.05, 4.69) is 21.2 Å². The number of halogens is 1.